The molecule has 1 aromatic rings. The molecule has 7 heteroatoms. The Morgan fingerprint density at radius 1 is 0.973 bits per heavy atom. The molecule has 4 aliphatic rings. The summed E-state index contributed by atoms with van der Waals surface area (Å²) >= 11 is 0. The SMILES string of the molecule is CCCCN1C(=O)C(CC2CCCCC2)NC(=O)C12CCN(Cc1ccc(OCC3CC3)cc1)CC2.Cl. The van der Waals surface area contributed by atoms with Crippen molar-refractivity contribution >= 4 is 24.2 Å². The van der Waals surface area contributed by atoms with E-state index in [1.54, 1.807) is 0 Å². The molecule has 0 bridgehead atoms. The van der Waals surface area contributed by atoms with Gasteiger partial charge in [0.15, 0.2) is 0 Å². The molecule has 1 unspecified atom stereocenters. The van der Waals surface area contributed by atoms with Gasteiger partial charge in [0.05, 0.1) is 6.61 Å². The second-order valence-electron chi connectivity index (χ2n) is 11.8. The molecule has 2 saturated heterocycles. The molecule has 4 fully saturated rings. The second-order valence-corrected chi connectivity index (χ2v) is 11.8. The van der Waals surface area contributed by atoms with Crippen molar-refractivity contribution < 1.29 is 14.3 Å². The Hall–Kier alpha value is -1.79. The van der Waals surface area contributed by atoms with Crippen LogP contribution in [0.1, 0.15) is 89.5 Å². The maximum Gasteiger partial charge on any atom is 0.246 e. The monoisotopic (exact) mass is 531 g/mol. The van der Waals surface area contributed by atoms with E-state index >= 15 is 0 Å². The summed E-state index contributed by atoms with van der Waals surface area (Å²) in [4.78, 5) is 31.8. The molecule has 1 aromatic carbocycles. The Bertz CT molecular complexity index is 890. The highest BCUT2D eigenvalue weighted by Gasteiger charge is 2.53. The Morgan fingerprint density at radius 2 is 1.68 bits per heavy atom. The number of hydrogen-bond donors (Lipinski definition) is 1. The van der Waals surface area contributed by atoms with E-state index in [4.69, 9.17) is 4.74 Å². The van der Waals surface area contributed by atoms with E-state index in [9.17, 15) is 9.59 Å². The fraction of sp³-hybridized carbons (Fsp3) is 0.733. The second kappa shape index (κ2) is 12.8. The van der Waals surface area contributed by atoms with Crippen molar-refractivity contribution in [1.29, 1.82) is 0 Å². The number of carbonyl (C=O) groups is 2. The van der Waals surface area contributed by atoms with Crippen molar-refractivity contribution in [2.24, 2.45) is 11.8 Å². The number of rotatable bonds is 10. The topological polar surface area (TPSA) is 61.9 Å². The molecule has 206 valence electrons. The lowest BCUT2D eigenvalue weighted by molar-refractivity contribution is -0.162. The lowest BCUT2D eigenvalue weighted by Gasteiger charge is -2.52. The van der Waals surface area contributed by atoms with Gasteiger partial charge >= 0.3 is 0 Å². The Morgan fingerprint density at radius 3 is 2.32 bits per heavy atom. The summed E-state index contributed by atoms with van der Waals surface area (Å²) < 4.78 is 5.88. The van der Waals surface area contributed by atoms with Crippen LogP contribution in [0.25, 0.3) is 0 Å². The number of halogens is 1. The van der Waals surface area contributed by atoms with E-state index in [0.717, 1.165) is 57.2 Å². The number of nitrogens with zero attached hydrogens (tertiary/aromatic N) is 2. The summed E-state index contributed by atoms with van der Waals surface area (Å²) in [5.41, 5.74) is 0.594. The van der Waals surface area contributed by atoms with Gasteiger partial charge in [-0.2, -0.15) is 0 Å². The number of carbonyl (C=O) groups excluding carboxylic acids is 2. The predicted octanol–water partition coefficient (Wildman–Crippen LogP) is 5.33. The van der Waals surface area contributed by atoms with E-state index in [-0.39, 0.29) is 30.3 Å². The van der Waals surface area contributed by atoms with Crippen LogP contribution >= 0.6 is 12.4 Å². The predicted molar refractivity (Wildman–Crippen MR) is 149 cm³/mol. The summed E-state index contributed by atoms with van der Waals surface area (Å²) in [5.74, 6) is 2.55. The summed E-state index contributed by atoms with van der Waals surface area (Å²) in [6.45, 7) is 6.23. The van der Waals surface area contributed by atoms with Gasteiger partial charge in [-0.3, -0.25) is 14.5 Å². The van der Waals surface area contributed by atoms with Gasteiger partial charge in [0.2, 0.25) is 11.8 Å². The van der Waals surface area contributed by atoms with Crippen LogP contribution in [0.3, 0.4) is 0 Å². The standard InChI is InChI=1S/C30H45N3O3.ClH/c1-2-3-17-33-28(34)27(20-23-7-5-4-6-8-23)31-29(35)30(33)15-18-32(19-16-30)21-24-11-13-26(14-12-24)36-22-25-9-10-25;/h11-14,23,25,27H,2-10,15-22H2,1H3,(H,31,35);1H. The first-order valence-electron chi connectivity index (χ1n) is 14.6. The smallest absolute Gasteiger partial charge is 0.246 e. The maximum atomic E-state index is 13.7. The van der Waals surface area contributed by atoms with Crippen molar-refractivity contribution in [1.82, 2.24) is 15.1 Å². The minimum Gasteiger partial charge on any atom is -0.493 e. The van der Waals surface area contributed by atoms with Crippen molar-refractivity contribution in [2.75, 3.05) is 26.2 Å². The fourth-order valence-corrected chi connectivity index (χ4v) is 6.46. The third-order valence-corrected chi connectivity index (χ3v) is 9.03. The molecular formula is C30H46ClN3O3. The molecule has 37 heavy (non-hydrogen) atoms. The zero-order valence-electron chi connectivity index (χ0n) is 22.6. The van der Waals surface area contributed by atoms with E-state index in [1.807, 2.05) is 4.90 Å². The summed E-state index contributed by atoms with van der Waals surface area (Å²) in [5, 5.41) is 3.21. The van der Waals surface area contributed by atoms with Gasteiger partial charge < -0.3 is 15.0 Å². The quantitative estimate of drug-likeness (QED) is 0.443. The van der Waals surface area contributed by atoms with Crippen LogP contribution in [0.4, 0.5) is 0 Å². The molecule has 1 N–H and O–H groups in total. The molecule has 2 aliphatic heterocycles. The van der Waals surface area contributed by atoms with E-state index in [1.165, 1.54) is 50.5 Å². The number of piperazine rings is 1. The third kappa shape index (κ3) is 6.81. The fourth-order valence-electron chi connectivity index (χ4n) is 6.46. The molecule has 2 heterocycles. The first kappa shape index (κ1) is 28.2. The molecule has 2 saturated carbocycles. The zero-order chi connectivity index (χ0) is 25.0. The first-order chi connectivity index (χ1) is 17.6. The maximum absolute atomic E-state index is 13.7. The number of piperidine rings is 1. The Labute approximate surface area is 229 Å². The number of likely N-dealkylation sites (tertiary alicyclic amines) is 1. The summed E-state index contributed by atoms with van der Waals surface area (Å²) in [6.07, 6.45) is 13.0. The highest BCUT2D eigenvalue weighted by Crippen LogP contribution is 2.36. The molecule has 1 atom stereocenters. The average molecular weight is 532 g/mol. The number of amides is 2. The van der Waals surface area contributed by atoms with Crippen LogP contribution < -0.4 is 10.1 Å². The van der Waals surface area contributed by atoms with E-state index in [2.05, 4.69) is 41.4 Å². The van der Waals surface area contributed by atoms with Crippen molar-refractivity contribution in [3.05, 3.63) is 29.8 Å². The van der Waals surface area contributed by atoms with Gasteiger partial charge in [-0.1, -0.05) is 57.6 Å². The lowest BCUT2D eigenvalue weighted by Crippen LogP contribution is -2.73. The van der Waals surface area contributed by atoms with Crippen molar-refractivity contribution in [3.8, 4) is 5.75 Å². The Balaban J connectivity index is 0.00000320. The number of hydrogen-bond acceptors (Lipinski definition) is 4. The molecule has 2 aliphatic carbocycles. The number of unbranched alkanes of at least 4 members (excludes halogenated alkanes) is 1. The van der Waals surface area contributed by atoms with Gasteiger partial charge in [-0.25, -0.2) is 0 Å². The molecule has 5 rings (SSSR count). The van der Waals surface area contributed by atoms with Crippen LogP contribution in [0.2, 0.25) is 0 Å². The molecule has 0 radical (unpaired) electrons. The van der Waals surface area contributed by atoms with Crippen LogP contribution in [0, 0.1) is 11.8 Å². The lowest BCUT2D eigenvalue weighted by atomic mass is 9.79. The van der Waals surface area contributed by atoms with E-state index in [0.29, 0.717) is 25.3 Å². The van der Waals surface area contributed by atoms with Gasteiger partial charge in [0.1, 0.15) is 17.3 Å². The zero-order valence-corrected chi connectivity index (χ0v) is 23.4. The molecular weight excluding hydrogens is 486 g/mol. The van der Waals surface area contributed by atoms with Crippen molar-refractivity contribution in [2.45, 2.75) is 102 Å². The van der Waals surface area contributed by atoms with Crippen molar-refractivity contribution in [3.63, 3.8) is 0 Å². The number of nitrogens with one attached hydrogen (secondary N) is 1. The minimum absolute atomic E-state index is 0. The summed E-state index contributed by atoms with van der Waals surface area (Å²) in [7, 11) is 0. The molecule has 2 amide bonds. The normalized spacial score (nSPS) is 24.6. The minimum atomic E-state index is -0.674. The average Bonchev–Trinajstić information content (AvgIpc) is 3.73. The van der Waals surface area contributed by atoms with Crippen LogP contribution in [-0.2, 0) is 16.1 Å². The highest BCUT2D eigenvalue weighted by atomic mass is 35.5. The number of ether oxygens (including phenoxy) is 1. The molecule has 1 spiro atoms. The largest absolute Gasteiger partial charge is 0.493 e. The van der Waals surface area contributed by atoms with Gasteiger partial charge in [-0.05, 0) is 68.1 Å². The summed E-state index contributed by atoms with van der Waals surface area (Å²) in [6, 6.07) is 8.14. The molecule has 6 nitrogen and oxygen atoms in total. The van der Waals surface area contributed by atoms with Gasteiger partial charge in [-0.15, -0.1) is 12.4 Å². The van der Waals surface area contributed by atoms with Crippen LogP contribution in [-0.4, -0.2) is 59.4 Å². The van der Waals surface area contributed by atoms with Gasteiger partial charge in [0.25, 0.3) is 0 Å². The van der Waals surface area contributed by atoms with Crippen LogP contribution in [0.5, 0.6) is 5.75 Å². The van der Waals surface area contributed by atoms with Crippen LogP contribution in [0.15, 0.2) is 24.3 Å². The van der Waals surface area contributed by atoms with E-state index < -0.39 is 5.54 Å². The van der Waals surface area contributed by atoms with Gasteiger partial charge in [0, 0.05) is 26.2 Å². The number of benzene rings is 1. The third-order valence-electron chi connectivity index (χ3n) is 9.03. The first-order valence-corrected chi connectivity index (χ1v) is 14.6. The Kier molecular flexibility index (Phi) is 9.79. The molecule has 0 aromatic heterocycles. The highest BCUT2D eigenvalue weighted by molar-refractivity contribution is 6.00.